The number of aliphatic hydroxyl groups excluding tert-OH is 1. The summed E-state index contributed by atoms with van der Waals surface area (Å²) in [5, 5.41) is 21.6. The second kappa shape index (κ2) is 6.43. The number of rotatable bonds is 4. The van der Waals surface area contributed by atoms with Gasteiger partial charge in [-0.2, -0.15) is 0 Å². The van der Waals surface area contributed by atoms with Crippen molar-refractivity contribution in [3.05, 3.63) is 29.8 Å². The van der Waals surface area contributed by atoms with Gasteiger partial charge in [0.25, 0.3) is 0 Å². The molecule has 1 amide bonds. The van der Waals surface area contributed by atoms with Crippen LogP contribution in [0.4, 0.5) is 4.79 Å². The summed E-state index contributed by atoms with van der Waals surface area (Å²) in [6.45, 7) is 5.42. The number of phenolic OH excluding ortho intramolecular Hbond substituents is 1. The Morgan fingerprint density at radius 2 is 2.11 bits per heavy atom. The van der Waals surface area contributed by atoms with Crippen molar-refractivity contribution in [3.63, 3.8) is 0 Å². The number of aliphatic hydroxyl groups is 1. The van der Waals surface area contributed by atoms with Crippen molar-refractivity contribution in [2.24, 2.45) is 0 Å². The minimum Gasteiger partial charge on any atom is -0.508 e. The first-order valence-electron chi connectivity index (χ1n) is 6.19. The van der Waals surface area contributed by atoms with E-state index in [-0.39, 0.29) is 12.3 Å². The highest BCUT2D eigenvalue weighted by Crippen LogP contribution is 2.12. The van der Waals surface area contributed by atoms with Gasteiger partial charge in [-0.15, -0.1) is 0 Å². The zero-order chi connectivity index (χ0) is 14.5. The molecule has 0 radical (unpaired) electrons. The van der Waals surface area contributed by atoms with Crippen LogP contribution in [0.3, 0.4) is 0 Å². The molecule has 0 aliphatic rings. The van der Waals surface area contributed by atoms with Gasteiger partial charge in [0.15, 0.2) is 0 Å². The fourth-order valence-corrected chi connectivity index (χ4v) is 1.54. The lowest BCUT2D eigenvalue weighted by molar-refractivity contribution is 0.0492. The maximum Gasteiger partial charge on any atom is 0.407 e. The van der Waals surface area contributed by atoms with Crippen LogP contribution in [0, 0.1) is 0 Å². The van der Waals surface area contributed by atoms with Gasteiger partial charge in [-0.05, 0) is 38.5 Å². The molecule has 5 heteroatoms. The van der Waals surface area contributed by atoms with E-state index in [4.69, 9.17) is 4.74 Å². The monoisotopic (exact) mass is 267 g/mol. The third-order valence-electron chi connectivity index (χ3n) is 2.26. The van der Waals surface area contributed by atoms with E-state index in [1.807, 2.05) is 0 Å². The van der Waals surface area contributed by atoms with Gasteiger partial charge in [0.2, 0.25) is 0 Å². The number of phenols is 1. The second-order valence-corrected chi connectivity index (χ2v) is 5.41. The first kappa shape index (κ1) is 15.3. The number of hydrogen-bond donors (Lipinski definition) is 3. The summed E-state index contributed by atoms with van der Waals surface area (Å²) < 4.78 is 5.06. The number of aromatic hydroxyl groups is 1. The van der Waals surface area contributed by atoms with Crippen LogP contribution in [0.1, 0.15) is 26.3 Å². The number of carbonyl (C=O) groups is 1. The number of alkyl carbamates (subject to hydrolysis) is 1. The minimum absolute atomic E-state index is 0.102. The van der Waals surface area contributed by atoms with Crippen molar-refractivity contribution in [1.82, 2.24) is 5.32 Å². The first-order chi connectivity index (χ1) is 8.76. The Labute approximate surface area is 113 Å². The molecule has 0 aliphatic heterocycles. The Balaban J connectivity index is 2.36. The molecule has 1 aromatic carbocycles. The zero-order valence-corrected chi connectivity index (χ0v) is 11.5. The highest BCUT2D eigenvalue weighted by Gasteiger charge is 2.16. The summed E-state index contributed by atoms with van der Waals surface area (Å²) in [6.07, 6.45) is -0.929. The van der Waals surface area contributed by atoms with Gasteiger partial charge >= 0.3 is 6.09 Å². The maximum absolute atomic E-state index is 11.4. The Bertz CT molecular complexity index is 426. The van der Waals surface area contributed by atoms with Crippen molar-refractivity contribution in [2.45, 2.75) is 38.9 Å². The number of ether oxygens (including phenoxy) is 1. The van der Waals surface area contributed by atoms with E-state index in [1.54, 1.807) is 45.0 Å². The quantitative estimate of drug-likeness (QED) is 0.777. The fraction of sp³-hybridized carbons (Fsp3) is 0.500. The van der Waals surface area contributed by atoms with E-state index in [0.717, 1.165) is 5.56 Å². The summed E-state index contributed by atoms with van der Waals surface area (Å²) in [7, 11) is 0. The van der Waals surface area contributed by atoms with Crippen molar-refractivity contribution in [1.29, 1.82) is 0 Å². The summed E-state index contributed by atoms with van der Waals surface area (Å²) in [4.78, 5) is 11.4. The van der Waals surface area contributed by atoms with Crippen molar-refractivity contribution >= 4 is 6.09 Å². The van der Waals surface area contributed by atoms with Crippen LogP contribution >= 0.6 is 0 Å². The smallest absolute Gasteiger partial charge is 0.407 e. The Morgan fingerprint density at radius 1 is 1.42 bits per heavy atom. The minimum atomic E-state index is -0.727. The fourth-order valence-electron chi connectivity index (χ4n) is 1.54. The Morgan fingerprint density at radius 3 is 2.68 bits per heavy atom. The molecule has 1 rings (SSSR count). The molecule has 0 spiro atoms. The number of carbonyl (C=O) groups excluding carboxylic acids is 1. The molecule has 0 fully saturated rings. The number of benzene rings is 1. The summed E-state index contributed by atoms with van der Waals surface area (Å²) in [6, 6.07) is 6.65. The summed E-state index contributed by atoms with van der Waals surface area (Å²) >= 11 is 0. The molecule has 0 heterocycles. The third-order valence-corrected chi connectivity index (χ3v) is 2.26. The van der Waals surface area contributed by atoms with E-state index in [1.165, 1.54) is 0 Å². The third kappa shape index (κ3) is 6.67. The second-order valence-electron chi connectivity index (χ2n) is 5.41. The van der Waals surface area contributed by atoms with Crippen molar-refractivity contribution < 1.29 is 19.7 Å². The molecule has 0 saturated carbocycles. The van der Waals surface area contributed by atoms with Gasteiger partial charge in [-0.3, -0.25) is 0 Å². The van der Waals surface area contributed by atoms with E-state index in [9.17, 15) is 15.0 Å². The molecule has 0 aliphatic carbocycles. The molecule has 19 heavy (non-hydrogen) atoms. The lowest BCUT2D eigenvalue weighted by Crippen LogP contribution is -2.37. The molecule has 1 unspecified atom stereocenters. The Hall–Kier alpha value is -1.75. The van der Waals surface area contributed by atoms with Gasteiger partial charge in [0.05, 0.1) is 6.10 Å². The molecular formula is C14H21NO4. The topological polar surface area (TPSA) is 78.8 Å². The van der Waals surface area contributed by atoms with E-state index in [0.29, 0.717) is 6.42 Å². The van der Waals surface area contributed by atoms with Gasteiger partial charge in [-0.1, -0.05) is 12.1 Å². The van der Waals surface area contributed by atoms with Crippen LogP contribution in [0.5, 0.6) is 5.75 Å². The normalized spacial score (nSPS) is 12.8. The molecular weight excluding hydrogens is 246 g/mol. The predicted molar refractivity (Wildman–Crippen MR) is 72.1 cm³/mol. The molecule has 3 N–H and O–H groups in total. The van der Waals surface area contributed by atoms with E-state index >= 15 is 0 Å². The van der Waals surface area contributed by atoms with Gasteiger partial charge in [0, 0.05) is 13.0 Å². The van der Waals surface area contributed by atoms with Crippen molar-refractivity contribution in [3.8, 4) is 5.75 Å². The standard InChI is InChI=1S/C14H21NO4/c1-14(2,3)19-13(18)15-9-12(17)8-10-5-4-6-11(16)7-10/h4-7,12,16-17H,8-9H2,1-3H3,(H,15,18). The molecule has 1 atom stereocenters. The average molecular weight is 267 g/mol. The highest BCUT2D eigenvalue weighted by atomic mass is 16.6. The SMILES string of the molecule is CC(C)(C)OC(=O)NCC(O)Cc1cccc(O)c1. The van der Waals surface area contributed by atoms with Crippen LogP contribution in [0.15, 0.2) is 24.3 Å². The first-order valence-corrected chi connectivity index (χ1v) is 6.19. The molecule has 0 aromatic heterocycles. The van der Waals surface area contributed by atoms with Crippen LogP contribution < -0.4 is 5.32 Å². The van der Waals surface area contributed by atoms with E-state index < -0.39 is 17.8 Å². The average Bonchev–Trinajstić information content (AvgIpc) is 2.24. The molecule has 5 nitrogen and oxygen atoms in total. The van der Waals surface area contributed by atoms with Gasteiger partial charge < -0.3 is 20.3 Å². The molecule has 0 bridgehead atoms. The van der Waals surface area contributed by atoms with E-state index in [2.05, 4.69) is 5.32 Å². The Kier molecular flexibility index (Phi) is 5.18. The summed E-state index contributed by atoms with van der Waals surface area (Å²) in [5.74, 6) is 0.157. The number of nitrogens with one attached hydrogen (secondary N) is 1. The number of hydrogen-bond acceptors (Lipinski definition) is 4. The summed E-state index contributed by atoms with van der Waals surface area (Å²) in [5.41, 5.74) is 0.249. The highest BCUT2D eigenvalue weighted by molar-refractivity contribution is 5.67. The van der Waals surface area contributed by atoms with Gasteiger partial charge in [0.1, 0.15) is 11.4 Å². The lowest BCUT2D eigenvalue weighted by atomic mass is 10.1. The predicted octanol–water partition coefficient (Wildman–Crippen LogP) is 1.82. The van der Waals surface area contributed by atoms with Crippen LogP contribution in [0.2, 0.25) is 0 Å². The molecule has 0 saturated heterocycles. The van der Waals surface area contributed by atoms with Crippen LogP contribution in [-0.4, -0.2) is 34.6 Å². The van der Waals surface area contributed by atoms with Crippen LogP contribution in [0.25, 0.3) is 0 Å². The molecule has 106 valence electrons. The lowest BCUT2D eigenvalue weighted by Gasteiger charge is -2.20. The molecule has 1 aromatic rings. The van der Waals surface area contributed by atoms with Crippen molar-refractivity contribution in [2.75, 3.05) is 6.54 Å². The zero-order valence-electron chi connectivity index (χ0n) is 11.5. The van der Waals surface area contributed by atoms with Crippen LogP contribution in [-0.2, 0) is 11.2 Å². The number of amides is 1. The largest absolute Gasteiger partial charge is 0.508 e. The maximum atomic E-state index is 11.4. The van der Waals surface area contributed by atoms with Gasteiger partial charge in [-0.25, -0.2) is 4.79 Å².